The van der Waals surface area contributed by atoms with Crippen LogP contribution in [0.2, 0.25) is 0 Å². The van der Waals surface area contributed by atoms with Crippen molar-refractivity contribution in [3.8, 4) is 0 Å². The summed E-state index contributed by atoms with van der Waals surface area (Å²) >= 11 is 0. The Morgan fingerprint density at radius 1 is 1.00 bits per heavy atom. The molecule has 0 aliphatic carbocycles. The molecule has 1 aliphatic heterocycles. The first-order chi connectivity index (χ1) is 14.6. The van der Waals surface area contributed by atoms with Gasteiger partial charge in [-0.1, -0.05) is 54.6 Å². The highest BCUT2D eigenvalue weighted by atomic mass is 127. The predicted molar refractivity (Wildman–Crippen MR) is 135 cm³/mol. The minimum Gasteiger partial charge on any atom is -0.379 e. The quantitative estimate of drug-likeness (QED) is 0.296. The fourth-order valence-corrected chi connectivity index (χ4v) is 4.92. The molecule has 1 saturated heterocycles. The average molecular weight is 558 g/mol. The topological polar surface area (TPSA) is 83.0 Å². The molecule has 1 fully saturated rings. The van der Waals surface area contributed by atoms with Crippen LogP contribution in [0.3, 0.4) is 0 Å². The molecule has 1 heterocycles. The Hall–Kier alpha value is -1.69. The molecule has 31 heavy (non-hydrogen) atoms. The Bertz CT molecular complexity index is 933. The third kappa shape index (κ3) is 8.06. The van der Waals surface area contributed by atoms with Gasteiger partial charge in [0.15, 0.2) is 5.96 Å². The van der Waals surface area contributed by atoms with Gasteiger partial charge in [0.2, 0.25) is 10.0 Å². The molecule has 9 heteroatoms. The lowest BCUT2D eigenvalue weighted by molar-refractivity contribution is 0.0729. The number of benzene rings is 2. The fraction of sp³-hybridized carbons (Fsp3) is 0.409. The number of guanidine groups is 1. The summed E-state index contributed by atoms with van der Waals surface area (Å²) in [6.45, 7) is 3.00. The summed E-state index contributed by atoms with van der Waals surface area (Å²) in [5.41, 5.74) is 3.01. The monoisotopic (exact) mass is 558 g/mol. The molecule has 0 aromatic heterocycles. The van der Waals surface area contributed by atoms with E-state index >= 15 is 0 Å². The number of halogens is 1. The zero-order valence-electron chi connectivity index (χ0n) is 17.8. The van der Waals surface area contributed by atoms with Crippen molar-refractivity contribution in [2.75, 3.05) is 39.9 Å². The largest absolute Gasteiger partial charge is 0.379 e. The first-order valence-corrected chi connectivity index (χ1v) is 11.8. The van der Waals surface area contributed by atoms with Gasteiger partial charge in [-0.25, -0.2) is 8.42 Å². The van der Waals surface area contributed by atoms with Crippen LogP contribution in [0.1, 0.15) is 16.7 Å². The molecule has 0 unspecified atom stereocenters. The second-order valence-corrected chi connectivity index (χ2v) is 9.09. The van der Waals surface area contributed by atoms with E-state index in [0.717, 1.165) is 24.1 Å². The van der Waals surface area contributed by atoms with Gasteiger partial charge in [-0.15, -0.1) is 24.0 Å². The number of ether oxygens (including phenoxy) is 1. The van der Waals surface area contributed by atoms with Crippen molar-refractivity contribution in [2.24, 2.45) is 4.99 Å². The molecule has 2 aromatic rings. The number of nitrogens with zero attached hydrogens (tertiary/aromatic N) is 2. The van der Waals surface area contributed by atoms with Crippen LogP contribution in [-0.4, -0.2) is 58.6 Å². The van der Waals surface area contributed by atoms with E-state index in [1.807, 2.05) is 42.5 Å². The molecule has 0 radical (unpaired) electrons. The summed E-state index contributed by atoms with van der Waals surface area (Å²) in [5.74, 6) is 0.682. The van der Waals surface area contributed by atoms with E-state index in [2.05, 4.69) is 27.8 Å². The number of morpholine rings is 1. The number of sulfonamides is 1. The second kappa shape index (κ2) is 13.0. The van der Waals surface area contributed by atoms with E-state index in [9.17, 15) is 8.42 Å². The van der Waals surface area contributed by atoms with Gasteiger partial charge in [0, 0.05) is 33.2 Å². The van der Waals surface area contributed by atoms with Crippen LogP contribution in [0.15, 0.2) is 59.6 Å². The summed E-state index contributed by atoms with van der Waals surface area (Å²) in [6.07, 6.45) is 0.899. The van der Waals surface area contributed by atoms with E-state index in [-0.39, 0.29) is 29.7 Å². The molecule has 0 atom stereocenters. The number of rotatable bonds is 8. The maximum Gasteiger partial charge on any atom is 0.218 e. The third-order valence-electron chi connectivity index (χ3n) is 5.04. The summed E-state index contributed by atoms with van der Waals surface area (Å²) in [5, 5.41) is 6.59. The number of hydrogen-bond donors (Lipinski definition) is 2. The highest BCUT2D eigenvalue weighted by molar-refractivity contribution is 14.0. The van der Waals surface area contributed by atoms with Gasteiger partial charge in [0.1, 0.15) is 0 Å². The molecule has 1 aliphatic rings. The first-order valence-electron chi connectivity index (χ1n) is 10.2. The van der Waals surface area contributed by atoms with Crippen LogP contribution < -0.4 is 10.6 Å². The molecule has 0 spiro atoms. The summed E-state index contributed by atoms with van der Waals surface area (Å²) in [6, 6.07) is 17.9. The summed E-state index contributed by atoms with van der Waals surface area (Å²) < 4.78 is 32.4. The van der Waals surface area contributed by atoms with E-state index < -0.39 is 10.0 Å². The Morgan fingerprint density at radius 3 is 2.32 bits per heavy atom. The minimum atomic E-state index is -3.37. The zero-order valence-corrected chi connectivity index (χ0v) is 20.9. The maximum atomic E-state index is 12.8. The summed E-state index contributed by atoms with van der Waals surface area (Å²) in [4.78, 5) is 4.27. The van der Waals surface area contributed by atoms with Gasteiger partial charge >= 0.3 is 0 Å². The maximum absolute atomic E-state index is 12.8. The van der Waals surface area contributed by atoms with Crippen molar-refractivity contribution in [2.45, 2.75) is 18.7 Å². The van der Waals surface area contributed by atoms with Crippen LogP contribution in [0.5, 0.6) is 0 Å². The van der Waals surface area contributed by atoms with Gasteiger partial charge < -0.3 is 15.4 Å². The predicted octanol–water partition coefficient (Wildman–Crippen LogP) is 2.37. The third-order valence-corrected chi connectivity index (χ3v) is 6.87. The van der Waals surface area contributed by atoms with Crippen molar-refractivity contribution in [3.05, 3.63) is 71.3 Å². The van der Waals surface area contributed by atoms with Crippen LogP contribution in [0.25, 0.3) is 0 Å². The molecule has 0 bridgehead atoms. The van der Waals surface area contributed by atoms with E-state index in [0.29, 0.717) is 38.8 Å². The van der Waals surface area contributed by atoms with Crippen LogP contribution in [-0.2, 0) is 33.5 Å². The van der Waals surface area contributed by atoms with Crippen molar-refractivity contribution in [3.63, 3.8) is 0 Å². The Labute approximate surface area is 202 Å². The molecule has 170 valence electrons. The Balaban J connectivity index is 0.00000341. The first kappa shape index (κ1) is 25.6. The molecule has 2 aromatic carbocycles. The molecular weight excluding hydrogens is 527 g/mol. The van der Waals surface area contributed by atoms with Crippen molar-refractivity contribution < 1.29 is 13.2 Å². The lowest BCUT2D eigenvalue weighted by atomic mass is 10.1. The molecule has 0 saturated carbocycles. The van der Waals surface area contributed by atoms with Gasteiger partial charge in [0.25, 0.3) is 0 Å². The number of aliphatic imine (C=N–C) groups is 1. The lowest BCUT2D eigenvalue weighted by Crippen LogP contribution is -2.41. The van der Waals surface area contributed by atoms with Gasteiger partial charge in [-0.3, -0.25) is 4.99 Å². The normalized spacial score (nSPS) is 15.2. The van der Waals surface area contributed by atoms with Gasteiger partial charge in [-0.2, -0.15) is 4.31 Å². The molecule has 2 N–H and O–H groups in total. The van der Waals surface area contributed by atoms with Gasteiger partial charge in [0.05, 0.1) is 19.0 Å². The zero-order chi connectivity index (χ0) is 21.2. The van der Waals surface area contributed by atoms with Crippen molar-refractivity contribution in [1.82, 2.24) is 14.9 Å². The highest BCUT2D eigenvalue weighted by Gasteiger charge is 2.25. The average Bonchev–Trinajstić information content (AvgIpc) is 2.78. The Morgan fingerprint density at radius 2 is 1.65 bits per heavy atom. The van der Waals surface area contributed by atoms with E-state index in [1.54, 1.807) is 7.05 Å². The molecule has 7 nitrogen and oxygen atoms in total. The highest BCUT2D eigenvalue weighted by Crippen LogP contribution is 2.16. The smallest absolute Gasteiger partial charge is 0.218 e. The Kier molecular flexibility index (Phi) is 10.7. The van der Waals surface area contributed by atoms with Crippen LogP contribution >= 0.6 is 24.0 Å². The van der Waals surface area contributed by atoms with Crippen molar-refractivity contribution >= 4 is 40.0 Å². The van der Waals surface area contributed by atoms with Crippen LogP contribution in [0, 0.1) is 0 Å². The summed E-state index contributed by atoms with van der Waals surface area (Å²) in [7, 11) is -1.64. The molecular formula is C22H31IN4O3S. The van der Waals surface area contributed by atoms with E-state index in [4.69, 9.17) is 4.74 Å². The molecule has 3 rings (SSSR count). The number of hydrogen-bond acceptors (Lipinski definition) is 4. The lowest BCUT2D eigenvalue weighted by Gasteiger charge is -2.26. The number of nitrogens with one attached hydrogen (secondary N) is 2. The fourth-order valence-electron chi connectivity index (χ4n) is 3.35. The van der Waals surface area contributed by atoms with Crippen LogP contribution in [0.4, 0.5) is 0 Å². The molecule has 0 amide bonds. The van der Waals surface area contributed by atoms with Crippen molar-refractivity contribution in [1.29, 1.82) is 0 Å². The van der Waals surface area contributed by atoms with Gasteiger partial charge in [-0.05, 0) is 23.1 Å². The SMILES string of the molecule is CN=C(NCCc1ccccc1)NCc1ccccc1CS(=O)(=O)N1CCOCC1.I. The minimum absolute atomic E-state index is 0. The second-order valence-electron chi connectivity index (χ2n) is 7.12. The standard InChI is InChI=1S/C22H30N4O3S.HI/c1-23-22(24-12-11-19-7-3-2-4-8-19)25-17-20-9-5-6-10-21(20)18-30(27,28)26-13-15-29-16-14-26;/h2-10H,11-18H2,1H3,(H2,23,24,25);1H. The van der Waals surface area contributed by atoms with E-state index in [1.165, 1.54) is 9.87 Å².